The Hall–Kier alpha value is -1.72. The smallest absolute Gasteiger partial charge is 0.258 e. The first-order chi connectivity index (χ1) is 8.58. The average molecular weight is 286 g/mol. The normalized spacial score (nSPS) is 10.2. The van der Waals surface area contributed by atoms with Crippen LogP contribution in [0.1, 0.15) is 10.4 Å². The fraction of sp³-hybridized carbons (Fsp3) is 0. The second kappa shape index (κ2) is 5.29. The van der Waals surface area contributed by atoms with Gasteiger partial charge in [0.1, 0.15) is 11.0 Å². The van der Waals surface area contributed by atoms with Crippen LogP contribution < -0.4 is 5.32 Å². The number of halogens is 3. The van der Waals surface area contributed by atoms with Crippen LogP contribution in [0.15, 0.2) is 30.6 Å². The fourth-order valence-corrected chi connectivity index (χ4v) is 1.61. The third kappa shape index (κ3) is 2.75. The van der Waals surface area contributed by atoms with Gasteiger partial charge < -0.3 is 5.32 Å². The van der Waals surface area contributed by atoms with Crippen LogP contribution in [0.5, 0.6) is 0 Å². The van der Waals surface area contributed by atoms with Crippen molar-refractivity contribution < 1.29 is 9.18 Å². The third-order valence-corrected chi connectivity index (χ3v) is 2.66. The monoisotopic (exact) mass is 285 g/mol. The fourth-order valence-electron chi connectivity index (χ4n) is 1.25. The van der Waals surface area contributed by atoms with Gasteiger partial charge in [0.05, 0.1) is 17.4 Å². The number of pyridine rings is 2. The Morgan fingerprint density at radius 3 is 2.78 bits per heavy atom. The summed E-state index contributed by atoms with van der Waals surface area (Å²) < 4.78 is 13.0. The molecule has 18 heavy (non-hydrogen) atoms. The van der Waals surface area contributed by atoms with E-state index in [-0.39, 0.29) is 15.9 Å². The summed E-state index contributed by atoms with van der Waals surface area (Å²) in [5, 5.41) is 2.51. The first-order valence-electron chi connectivity index (χ1n) is 4.81. The number of anilines is 1. The van der Waals surface area contributed by atoms with E-state index in [9.17, 15) is 9.18 Å². The SMILES string of the molecule is O=C(Nc1cccnc1Cl)c1cc(F)cnc1Cl. The maximum absolute atomic E-state index is 13.0. The number of carbonyl (C=O) groups excluding carboxylic acids is 1. The molecule has 0 aromatic carbocycles. The molecule has 0 unspecified atom stereocenters. The molecule has 0 saturated carbocycles. The van der Waals surface area contributed by atoms with Crippen LogP contribution in [0.25, 0.3) is 0 Å². The first-order valence-corrected chi connectivity index (χ1v) is 5.56. The largest absolute Gasteiger partial charge is 0.319 e. The van der Waals surface area contributed by atoms with E-state index in [0.717, 1.165) is 12.3 Å². The van der Waals surface area contributed by atoms with E-state index in [1.807, 2.05) is 0 Å². The molecule has 0 atom stereocenters. The molecular formula is C11H6Cl2FN3O. The average Bonchev–Trinajstić information content (AvgIpc) is 2.35. The highest BCUT2D eigenvalue weighted by atomic mass is 35.5. The predicted molar refractivity (Wildman–Crippen MR) is 66.4 cm³/mol. The van der Waals surface area contributed by atoms with Crippen LogP contribution in [-0.2, 0) is 0 Å². The zero-order valence-electron chi connectivity index (χ0n) is 8.82. The Morgan fingerprint density at radius 2 is 2.06 bits per heavy atom. The lowest BCUT2D eigenvalue weighted by Crippen LogP contribution is -2.14. The van der Waals surface area contributed by atoms with Gasteiger partial charge in [-0.2, -0.15) is 0 Å². The standard InChI is InChI=1S/C11H6Cl2FN3O/c12-9-7(4-6(14)5-16-9)11(18)17-8-2-1-3-15-10(8)13/h1-5H,(H,17,18). The quantitative estimate of drug-likeness (QED) is 0.863. The Bertz CT molecular complexity index is 607. The Labute approximate surface area is 112 Å². The van der Waals surface area contributed by atoms with E-state index < -0.39 is 11.7 Å². The molecule has 0 fully saturated rings. The highest BCUT2D eigenvalue weighted by molar-refractivity contribution is 6.34. The molecule has 0 bridgehead atoms. The number of rotatable bonds is 2. The molecule has 0 spiro atoms. The Morgan fingerprint density at radius 1 is 1.28 bits per heavy atom. The number of aromatic nitrogens is 2. The van der Waals surface area contributed by atoms with Gasteiger partial charge >= 0.3 is 0 Å². The molecule has 0 aliphatic rings. The van der Waals surface area contributed by atoms with Gasteiger partial charge in [0.2, 0.25) is 0 Å². The molecule has 1 N–H and O–H groups in total. The van der Waals surface area contributed by atoms with Crippen molar-refractivity contribution in [2.45, 2.75) is 0 Å². The molecule has 2 rings (SSSR count). The lowest BCUT2D eigenvalue weighted by atomic mass is 10.2. The minimum absolute atomic E-state index is 0.0726. The maximum atomic E-state index is 13.0. The van der Waals surface area contributed by atoms with Crippen molar-refractivity contribution in [3.63, 3.8) is 0 Å². The van der Waals surface area contributed by atoms with Gasteiger partial charge in [-0.05, 0) is 18.2 Å². The molecule has 7 heteroatoms. The molecule has 2 aromatic heterocycles. The van der Waals surface area contributed by atoms with Gasteiger partial charge in [-0.15, -0.1) is 0 Å². The van der Waals surface area contributed by atoms with Crippen LogP contribution in [0.3, 0.4) is 0 Å². The molecule has 0 aliphatic carbocycles. The van der Waals surface area contributed by atoms with Crippen molar-refractivity contribution in [3.05, 3.63) is 52.3 Å². The van der Waals surface area contributed by atoms with Crippen molar-refractivity contribution in [1.29, 1.82) is 0 Å². The number of hydrogen-bond acceptors (Lipinski definition) is 3. The predicted octanol–water partition coefficient (Wildman–Crippen LogP) is 3.17. The van der Waals surface area contributed by atoms with Crippen molar-refractivity contribution in [1.82, 2.24) is 9.97 Å². The summed E-state index contributed by atoms with van der Waals surface area (Å²) >= 11 is 11.5. The van der Waals surface area contributed by atoms with Crippen LogP contribution in [-0.4, -0.2) is 15.9 Å². The van der Waals surface area contributed by atoms with E-state index in [4.69, 9.17) is 23.2 Å². The van der Waals surface area contributed by atoms with Gasteiger partial charge in [-0.1, -0.05) is 23.2 Å². The highest BCUT2D eigenvalue weighted by Crippen LogP contribution is 2.20. The molecule has 2 aromatic rings. The lowest BCUT2D eigenvalue weighted by Gasteiger charge is -2.07. The van der Waals surface area contributed by atoms with E-state index in [2.05, 4.69) is 15.3 Å². The minimum atomic E-state index is -0.651. The lowest BCUT2D eigenvalue weighted by molar-refractivity contribution is 0.102. The van der Waals surface area contributed by atoms with Gasteiger partial charge in [0, 0.05) is 6.20 Å². The zero-order chi connectivity index (χ0) is 13.1. The van der Waals surface area contributed by atoms with Gasteiger partial charge in [0.15, 0.2) is 5.15 Å². The second-order valence-corrected chi connectivity index (χ2v) is 4.00. The zero-order valence-corrected chi connectivity index (χ0v) is 10.3. The van der Waals surface area contributed by atoms with Gasteiger partial charge in [-0.25, -0.2) is 14.4 Å². The summed E-state index contributed by atoms with van der Waals surface area (Å²) in [7, 11) is 0. The van der Waals surface area contributed by atoms with Crippen LogP contribution >= 0.6 is 23.2 Å². The summed E-state index contributed by atoms with van der Waals surface area (Å²) in [6, 6.07) is 4.16. The molecule has 0 saturated heterocycles. The summed E-state index contributed by atoms with van der Waals surface area (Å²) in [5.74, 6) is -1.26. The molecule has 2 heterocycles. The van der Waals surface area contributed by atoms with Crippen LogP contribution in [0.2, 0.25) is 10.3 Å². The summed E-state index contributed by atoms with van der Waals surface area (Å²) in [6.45, 7) is 0. The van der Waals surface area contributed by atoms with Crippen LogP contribution in [0.4, 0.5) is 10.1 Å². The highest BCUT2D eigenvalue weighted by Gasteiger charge is 2.14. The summed E-state index contributed by atoms with van der Waals surface area (Å²) in [6.07, 6.45) is 2.41. The van der Waals surface area contributed by atoms with Crippen molar-refractivity contribution in [2.24, 2.45) is 0 Å². The summed E-state index contributed by atoms with van der Waals surface area (Å²) in [4.78, 5) is 19.2. The first kappa shape index (κ1) is 12.7. The Kier molecular flexibility index (Phi) is 3.74. The number of amides is 1. The third-order valence-electron chi connectivity index (χ3n) is 2.06. The van der Waals surface area contributed by atoms with Crippen LogP contribution in [0, 0.1) is 5.82 Å². The summed E-state index contributed by atoms with van der Waals surface area (Å²) in [5.41, 5.74) is 0.237. The number of carbonyl (C=O) groups is 1. The van der Waals surface area contributed by atoms with E-state index in [0.29, 0.717) is 5.69 Å². The Balaban J connectivity index is 2.28. The molecule has 92 valence electrons. The molecule has 0 aliphatic heterocycles. The van der Waals surface area contributed by atoms with E-state index in [1.165, 1.54) is 6.20 Å². The number of nitrogens with zero attached hydrogens (tertiary/aromatic N) is 2. The molecule has 0 radical (unpaired) electrons. The topological polar surface area (TPSA) is 54.9 Å². The number of hydrogen-bond donors (Lipinski definition) is 1. The van der Waals surface area contributed by atoms with Gasteiger partial charge in [-0.3, -0.25) is 4.79 Å². The van der Waals surface area contributed by atoms with E-state index in [1.54, 1.807) is 12.1 Å². The maximum Gasteiger partial charge on any atom is 0.258 e. The van der Waals surface area contributed by atoms with Crippen molar-refractivity contribution in [2.75, 3.05) is 5.32 Å². The second-order valence-electron chi connectivity index (χ2n) is 3.29. The molecule has 4 nitrogen and oxygen atoms in total. The molecule has 1 amide bonds. The van der Waals surface area contributed by atoms with Gasteiger partial charge in [0.25, 0.3) is 5.91 Å². The molecular weight excluding hydrogens is 280 g/mol. The number of nitrogens with one attached hydrogen (secondary N) is 1. The van der Waals surface area contributed by atoms with Crippen molar-refractivity contribution >= 4 is 34.8 Å². The minimum Gasteiger partial charge on any atom is -0.319 e. The van der Waals surface area contributed by atoms with Crippen molar-refractivity contribution in [3.8, 4) is 0 Å². The van der Waals surface area contributed by atoms with E-state index >= 15 is 0 Å².